The van der Waals surface area contributed by atoms with E-state index < -0.39 is 18.0 Å². The Labute approximate surface area is 171 Å². The number of halogens is 1. The van der Waals surface area contributed by atoms with Crippen LogP contribution < -0.4 is 5.32 Å². The normalized spacial score (nSPS) is 11.8. The molecule has 0 saturated heterocycles. The van der Waals surface area contributed by atoms with E-state index in [2.05, 4.69) is 10.4 Å². The van der Waals surface area contributed by atoms with E-state index in [-0.39, 0.29) is 21.3 Å². The molecule has 28 heavy (non-hydrogen) atoms. The van der Waals surface area contributed by atoms with Crippen molar-refractivity contribution in [3.63, 3.8) is 0 Å². The first-order valence-electron chi connectivity index (χ1n) is 8.49. The number of carbonyl (C=O) groups excluding carboxylic acids is 3. The molecule has 0 aliphatic rings. The van der Waals surface area contributed by atoms with E-state index in [0.717, 1.165) is 11.3 Å². The smallest absolute Gasteiger partial charge is 0.348 e. The van der Waals surface area contributed by atoms with Gasteiger partial charge in [0.1, 0.15) is 15.9 Å². The van der Waals surface area contributed by atoms with E-state index in [9.17, 15) is 14.4 Å². The second kappa shape index (κ2) is 8.74. The van der Waals surface area contributed by atoms with Gasteiger partial charge >= 0.3 is 11.9 Å². The largest absolute Gasteiger partial charge is 0.465 e. The molecule has 0 aromatic carbocycles. The summed E-state index contributed by atoms with van der Waals surface area (Å²) in [5, 5.41) is 7.81. The van der Waals surface area contributed by atoms with Crippen LogP contribution in [-0.4, -0.2) is 41.8 Å². The molecule has 0 bridgehead atoms. The molecule has 152 valence electrons. The molecule has 2 heterocycles. The maximum atomic E-state index is 13.0. The summed E-state index contributed by atoms with van der Waals surface area (Å²) in [4.78, 5) is 37.4. The Morgan fingerprint density at radius 2 is 1.79 bits per heavy atom. The van der Waals surface area contributed by atoms with Crippen LogP contribution in [0.25, 0.3) is 0 Å². The Kier molecular flexibility index (Phi) is 6.84. The molecule has 2 aromatic heterocycles. The number of amides is 1. The predicted octanol–water partition coefficient (Wildman–Crippen LogP) is 3.69. The molecule has 0 radical (unpaired) electrons. The number of rotatable bonds is 6. The third-order valence-corrected chi connectivity index (χ3v) is 6.10. The zero-order valence-electron chi connectivity index (χ0n) is 16.5. The van der Waals surface area contributed by atoms with Crippen LogP contribution in [0.15, 0.2) is 0 Å². The number of nitrogens with one attached hydrogen (secondary N) is 1. The maximum absolute atomic E-state index is 13.0. The van der Waals surface area contributed by atoms with Gasteiger partial charge in [0.05, 0.1) is 36.2 Å². The molecular weight excluding hydrogens is 406 g/mol. The number of aromatic nitrogens is 2. The summed E-state index contributed by atoms with van der Waals surface area (Å²) < 4.78 is 11.1. The number of anilines is 1. The third kappa shape index (κ3) is 3.90. The van der Waals surface area contributed by atoms with Gasteiger partial charge in [-0.2, -0.15) is 5.10 Å². The van der Waals surface area contributed by atoms with Crippen LogP contribution in [0.2, 0.25) is 5.02 Å². The third-order valence-electron chi connectivity index (χ3n) is 4.37. The summed E-state index contributed by atoms with van der Waals surface area (Å²) in [6.45, 7) is 6.98. The van der Waals surface area contributed by atoms with E-state index in [0.29, 0.717) is 28.4 Å². The molecule has 1 unspecified atom stereocenters. The molecule has 0 aliphatic carbocycles. The van der Waals surface area contributed by atoms with Crippen molar-refractivity contribution in [1.82, 2.24) is 9.78 Å². The van der Waals surface area contributed by atoms with Crippen molar-refractivity contribution in [3.8, 4) is 0 Å². The molecule has 0 fully saturated rings. The van der Waals surface area contributed by atoms with Crippen LogP contribution in [0, 0.1) is 20.8 Å². The molecule has 8 nitrogen and oxygen atoms in total. The fraction of sp³-hybridized carbons (Fsp3) is 0.444. The molecule has 0 spiro atoms. The van der Waals surface area contributed by atoms with Crippen LogP contribution >= 0.6 is 22.9 Å². The van der Waals surface area contributed by atoms with E-state index in [1.54, 1.807) is 25.5 Å². The van der Waals surface area contributed by atoms with Crippen LogP contribution in [0.1, 0.15) is 56.4 Å². The van der Waals surface area contributed by atoms with Crippen molar-refractivity contribution in [3.05, 3.63) is 32.4 Å². The SMILES string of the molecule is CCC(C(=O)Nc1sc(C(=O)OC)c(C)c1C(=O)OC)n1nc(C)c(Cl)c1C. The van der Waals surface area contributed by atoms with Gasteiger partial charge in [0.25, 0.3) is 0 Å². The monoisotopic (exact) mass is 427 g/mol. The number of nitrogens with zero attached hydrogens (tertiary/aromatic N) is 2. The fourth-order valence-corrected chi connectivity index (χ4v) is 4.09. The van der Waals surface area contributed by atoms with Crippen LogP contribution in [0.3, 0.4) is 0 Å². The van der Waals surface area contributed by atoms with Gasteiger partial charge < -0.3 is 14.8 Å². The minimum absolute atomic E-state index is 0.127. The first-order chi connectivity index (χ1) is 13.2. The molecule has 1 amide bonds. The van der Waals surface area contributed by atoms with Crippen LogP contribution in [0.5, 0.6) is 0 Å². The van der Waals surface area contributed by atoms with Crippen molar-refractivity contribution in [2.75, 3.05) is 19.5 Å². The molecule has 10 heteroatoms. The number of hydrogen-bond donors (Lipinski definition) is 1. The summed E-state index contributed by atoms with van der Waals surface area (Å²) >= 11 is 7.16. The number of carbonyl (C=O) groups is 3. The van der Waals surface area contributed by atoms with E-state index in [1.807, 2.05) is 6.92 Å². The zero-order chi connectivity index (χ0) is 21.2. The molecule has 2 rings (SSSR count). The Hall–Kier alpha value is -2.39. The quantitative estimate of drug-likeness (QED) is 0.706. The summed E-state index contributed by atoms with van der Waals surface area (Å²) in [6, 6.07) is -0.638. The molecule has 0 saturated carbocycles. The Balaban J connectivity index is 2.45. The van der Waals surface area contributed by atoms with Crippen LogP contribution in [0.4, 0.5) is 5.00 Å². The van der Waals surface area contributed by atoms with Gasteiger partial charge in [0.2, 0.25) is 5.91 Å². The second-order valence-electron chi connectivity index (χ2n) is 6.09. The maximum Gasteiger partial charge on any atom is 0.348 e. The molecule has 1 N–H and O–H groups in total. The van der Waals surface area contributed by atoms with Crippen molar-refractivity contribution in [1.29, 1.82) is 0 Å². The second-order valence-corrected chi connectivity index (χ2v) is 7.48. The average molecular weight is 428 g/mol. The van der Waals surface area contributed by atoms with Gasteiger partial charge in [-0.25, -0.2) is 9.59 Å². The van der Waals surface area contributed by atoms with Gasteiger partial charge in [-0.15, -0.1) is 11.3 Å². The number of methoxy groups -OCH3 is 2. The van der Waals surface area contributed by atoms with E-state index in [4.69, 9.17) is 21.1 Å². The van der Waals surface area contributed by atoms with Gasteiger partial charge in [0.15, 0.2) is 0 Å². The van der Waals surface area contributed by atoms with Crippen molar-refractivity contribution in [2.45, 2.75) is 40.2 Å². The Morgan fingerprint density at radius 3 is 2.25 bits per heavy atom. The topological polar surface area (TPSA) is 99.5 Å². The fourth-order valence-electron chi connectivity index (χ4n) is 2.85. The first kappa shape index (κ1) is 21.9. The van der Waals surface area contributed by atoms with E-state index >= 15 is 0 Å². The summed E-state index contributed by atoms with van der Waals surface area (Å²) in [6.07, 6.45) is 0.450. The van der Waals surface area contributed by atoms with Crippen molar-refractivity contribution >= 4 is 45.8 Å². The summed E-state index contributed by atoms with van der Waals surface area (Å²) in [5.74, 6) is -1.63. The van der Waals surface area contributed by atoms with Gasteiger partial charge in [0, 0.05) is 0 Å². The first-order valence-corrected chi connectivity index (χ1v) is 9.69. The predicted molar refractivity (Wildman–Crippen MR) is 106 cm³/mol. The van der Waals surface area contributed by atoms with Gasteiger partial charge in [-0.05, 0) is 32.8 Å². The standard InChI is InChI=1S/C18H22ClN3O5S/c1-7-11(22-10(4)13(19)9(3)21-22)15(23)20-16-12(17(24)26-5)8(2)14(28-16)18(25)27-6/h11H,7H2,1-6H3,(H,20,23). The lowest BCUT2D eigenvalue weighted by molar-refractivity contribution is -0.119. The van der Waals surface area contributed by atoms with Crippen LogP contribution in [-0.2, 0) is 14.3 Å². The highest BCUT2D eigenvalue weighted by Crippen LogP contribution is 2.35. The molecule has 2 aromatic rings. The van der Waals surface area contributed by atoms with Crippen molar-refractivity contribution in [2.24, 2.45) is 0 Å². The lowest BCUT2D eigenvalue weighted by Crippen LogP contribution is -2.27. The van der Waals surface area contributed by atoms with E-state index in [1.165, 1.54) is 14.2 Å². The zero-order valence-corrected chi connectivity index (χ0v) is 18.1. The highest BCUT2D eigenvalue weighted by atomic mass is 35.5. The minimum Gasteiger partial charge on any atom is -0.465 e. The lowest BCUT2D eigenvalue weighted by Gasteiger charge is -2.17. The number of aryl methyl sites for hydroxylation is 1. The van der Waals surface area contributed by atoms with Gasteiger partial charge in [-0.3, -0.25) is 9.48 Å². The number of hydrogen-bond acceptors (Lipinski definition) is 7. The average Bonchev–Trinajstić information content (AvgIpc) is 3.12. The van der Waals surface area contributed by atoms with Gasteiger partial charge in [-0.1, -0.05) is 18.5 Å². The summed E-state index contributed by atoms with van der Waals surface area (Å²) in [5.41, 5.74) is 1.82. The Morgan fingerprint density at radius 1 is 1.18 bits per heavy atom. The molecular formula is C18H22ClN3O5S. The highest BCUT2D eigenvalue weighted by molar-refractivity contribution is 7.18. The lowest BCUT2D eigenvalue weighted by atomic mass is 10.1. The summed E-state index contributed by atoms with van der Waals surface area (Å²) in [7, 11) is 2.48. The minimum atomic E-state index is -0.651. The van der Waals surface area contributed by atoms with Crippen molar-refractivity contribution < 1.29 is 23.9 Å². The number of ether oxygens (including phenoxy) is 2. The molecule has 1 atom stereocenters. The number of thiophene rings is 1. The molecule has 0 aliphatic heterocycles. The Bertz CT molecular complexity index is 934. The highest BCUT2D eigenvalue weighted by Gasteiger charge is 2.29. The number of esters is 2.